The molecule has 1 aromatic rings. The van der Waals surface area contributed by atoms with E-state index in [1.807, 2.05) is 25.1 Å². The summed E-state index contributed by atoms with van der Waals surface area (Å²) in [6, 6.07) is 5.81. The maximum Gasteiger partial charge on any atom is 0.0571 e. The fraction of sp³-hybridized carbons (Fsp3) is 0.364. The van der Waals surface area contributed by atoms with E-state index in [0.717, 1.165) is 18.5 Å². The van der Waals surface area contributed by atoms with Crippen LogP contribution in [0.25, 0.3) is 0 Å². The van der Waals surface area contributed by atoms with Crippen molar-refractivity contribution < 1.29 is 0 Å². The quantitative estimate of drug-likeness (QED) is 0.711. The number of hydrogen-bond donors (Lipinski definition) is 1. The van der Waals surface area contributed by atoms with Gasteiger partial charge >= 0.3 is 0 Å². The molecular formula is C11H14N2. The van der Waals surface area contributed by atoms with Crippen LogP contribution in [0.3, 0.4) is 0 Å². The lowest BCUT2D eigenvalue weighted by atomic mass is 10.1. The van der Waals surface area contributed by atoms with E-state index in [1.165, 1.54) is 0 Å². The first-order valence-electron chi connectivity index (χ1n) is 4.40. The molecule has 1 heterocycles. The molecule has 0 aliphatic rings. The van der Waals surface area contributed by atoms with E-state index in [-0.39, 0.29) is 6.04 Å². The molecule has 2 heteroatoms. The van der Waals surface area contributed by atoms with E-state index in [9.17, 15) is 0 Å². The van der Waals surface area contributed by atoms with Gasteiger partial charge in [0, 0.05) is 18.7 Å². The molecule has 0 radical (unpaired) electrons. The molecule has 0 aromatic carbocycles. The van der Waals surface area contributed by atoms with E-state index in [0.29, 0.717) is 0 Å². The smallest absolute Gasteiger partial charge is 0.0571 e. The second kappa shape index (κ2) is 5.34. The van der Waals surface area contributed by atoms with Crippen molar-refractivity contribution in [2.75, 3.05) is 0 Å². The summed E-state index contributed by atoms with van der Waals surface area (Å²) >= 11 is 0. The van der Waals surface area contributed by atoms with Crippen LogP contribution in [-0.4, -0.2) is 4.98 Å². The highest BCUT2D eigenvalue weighted by atomic mass is 14.8. The summed E-state index contributed by atoms with van der Waals surface area (Å²) in [7, 11) is 0. The van der Waals surface area contributed by atoms with Gasteiger partial charge in [-0.2, -0.15) is 0 Å². The second-order valence-electron chi connectivity index (χ2n) is 2.83. The van der Waals surface area contributed by atoms with E-state index in [1.54, 1.807) is 6.20 Å². The third-order valence-corrected chi connectivity index (χ3v) is 1.82. The Morgan fingerprint density at radius 2 is 2.38 bits per heavy atom. The molecule has 1 unspecified atom stereocenters. The Kier molecular flexibility index (Phi) is 4.01. The normalized spacial score (nSPS) is 11.5. The van der Waals surface area contributed by atoms with Crippen molar-refractivity contribution >= 4 is 0 Å². The van der Waals surface area contributed by atoms with Gasteiger partial charge in [0.1, 0.15) is 0 Å². The Bertz CT molecular complexity index is 295. The van der Waals surface area contributed by atoms with Crippen LogP contribution in [0.1, 0.15) is 31.5 Å². The summed E-state index contributed by atoms with van der Waals surface area (Å²) in [4.78, 5) is 4.18. The third kappa shape index (κ3) is 3.27. The van der Waals surface area contributed by atoms with Gasteiger partial charge in [0.15, 0.2) is 0 Å². The van der Waals surface area contributed by atoms with E-state index in [4.69, 9.17) is 5.73 Å². The van der Waals surface area contributed by atoms with Gasteiger partial charge in [0.25, 0.3) is 0 Å². The number of hydrogen-bond acceptors (Lipinski definition) is 2. The average molecular weight is 174 g/mol. The predicted octanol–water partition coefficient (Wildman–Crippen LogP) is 1.88. The van der Waals surface area contributed by atoms with Gasteiger partial charge in [-0.15, -0.1) is 11.8 Å². The summed E-state index contributed by atoms with van der Waals surface area (Å²) < 4.78 is 0. The minimum Gasteiger partial charge on any atom is -0.323 e. The molecule has 0 fully saturated rings. The standard InChI is InChI=1S/C11H14N2/c1-2-3-4-7-10(12)11-8-5-6-9-13-11/h5-6,8-10H,4,7,12H2,1H3. The number of nitrogens with two attached hydrogens (primary N) is 1. The zero-order valence-electron chi connectivity index (χ0n) is 7.83. The van der Waals surface area contributed by atoms with Gasteiger partial charge in [-0.25, -0.2) is 0 Å². The Labute approximate surface area is 79.2 Å². The molecule has 2 N–H and O–H groups in total. The van der Waals surface area contributed by atoms with Crippen LogP contribution in [0.5, 0.6) is 0 Å². The van der Waals surface area contributed by atoms with Crippen molar-refractivity contribution in [2.24, 2.45) is 5.73 Å². The fourth-order valence-corrected chi connectivity index (χ4v) is 1.10. The van der Waals surface area contributed by atoms with Crippen LogP contribution < -0.4 is 5.73 Å². The van der Waals surface area contributed by atoms with E-state index < -0.39 is 0 Å². The number of nitrogens with zero attached hydrogens (tertiary/aromatic N) is 1. The van der Waals surface area contributed by atoms with Crippen LogP contribution in [0.4, 0.5) is 0 Å². The number of rotatable bonds is 3. The van der Waals surface area contributed by atoms with E-state index in [2.05, 4.69) is 16.8 Å². The van der Waals surface area contributed by atoms with Gasteiger partial charge in [0.2, 0.25) is 0 Å². The Morgan fingerprint density at radius 1 is 1.54 bits per heavy atom. The molecule has 0 aliphatic heterocycles. The van der Waals surface area contributed by atoms with Crippen LogP contribution in [0, 0.1) is 11.8 Å². The summed E-state index contributed by atoms with van der Waals surface area (Å²) in [6.07, 6.45) is 3.48. The fourth-order valence-electron chi connectivity index (χ4n) is 1.10. The summed E-state index contributed by atoms with van der Waals surface area (Å²) in [6.45, 7) is 1.84. The third-order valence-electron chi connectivity index (χ3n) is 1.82. The van der Waals surface area contributed by atoms with Gasteiger partial charge in [-0.3, -0.25) is 4.98 Å². The Balaban J connectivity index is 2.47. The van der Waals surface area contributed by atoms with Gasteiger partial charge in [-0.05, 0) is 25.5 Å². The molecule has 68 valence electrons. The SMILES string of the molecule is CC#CCCC(N)c1ccccn1. The minimum absolute atomic E-state index is 0.0158. The maximum absolute atomic E-state index is 5.91. The van der Waals surface area contributed by atoms with Crippen molar-refractivity contribution in [1.82, 2.24) is 4.98 Å². The first kappa shape index (κ1) is 9.76. The van der Waals surface area contributed by atoms with Crippen LogP contribution in [-0.2, 0) is 0 Å². The minimum atomic E-state index is 0.0158. The molecule has 0 saturated carbocycles. The summed E-state index contributed by atoms with van der Waals surface area (Å²) in [5, 5.41) is 0. The molecule has 1 rings (SSSR count). The number of pyridine rings is 1. The monoisotopic (exact) mass is 174 g/mol. The molecule has 0 amide bonds. The highest BCUT2D eigenvalue weighted by Gasteiger charge is 2.04. The van der Waals surface area contributed by atoms with Crippen molar-refractivity contribution in [2.45, 2.75) is 25.8 Å². The predicted molar refractivity (Wildman–Crippen MR) is 53.8 cm³/mol. The first-order valence-corrected chi connectivity index (χ1v) is 4.40. The summed E-state index contributed by atoms with van der Waals surface area (Å²) in [5.41, 5.74) is 6.85. The number of aromatic nitrogens is 1. The summed E-state index contributed by atoms with van der Waals surface area (Å²) in [5.74, 6) is 5.84. The van der Waals surface area contributed by atoms with Crippen LogP contribution >= 0.6 is 0 Å². The molecule has 2 nitrogen and oxygen atoms in total. The topological polar surface area (TPSA) is 38.9 Å². The van der Waals surface area contributed by atoms with Gasteiger partial charge < -0.3 is 5.73 Å². The lowest BCUT2D eigenvalue weighted by Gasteiger charge is -2.07. The lowest BCUT2D eigenvalue weighted by Crippen LogP contribution is -2.11. The molecule has 0 spiro atoms. The molecule has 0 saturated heterocycles. The van der Waals surface area contributed by atoms with Gasteiger partial charge in [-0.1, -0.05) is 6.07 Å². The van der Waals surface area contributed by atoms with Crippen LogP contribution in [0.2, 0.25) is 0 Å². The molecule has 0 aliphatic carbocycles. The van der Waals surface area contributed by atoms with Crippen LogP contribution in [0.15, 0.2) is 24.4 Å². The lowest BCUT2D eigenvalue weighted by molar-refractivity contribution is 0.648. The highest BCUT2D eigenvalue weighted by Crippen LogP contribution is 2.11. The molecule has 13 heavy (non-hydrogen) atoms. The maximum atomic E-state index is 5.91. The van der Waals surface area contributed by atoms with Crippen molar-refractivity contribution in [3.63, 3.8) is 0 Å². The average Bonchev–Trinajstić information content (AvgIpc) is 2.19. The zero-order valence-corrected chi connectivity index (χ0v) is 7.83. The molecule has 1 aromatic heterocycles. The molecule has 0 bridgehead atoms. The first-order chi connectivity index (χ1) is 6.34. The molecule has 1 atom stereocenters. The molecular weight excluding hydrogens is 160 g/mol. The Hall–Kier alpha value is -1.33. The Morgan fingerprint density at radius 3 is 3.00 bits per heavy atom. The van der Waals surface area contributed by atoms with E-state index >= 15 is 0 Å². The van der Waals surface area contributed by atoms with Crippen molar-refractivity contribution in [3.8, 4) is 11.8 Å². The van der Waals surface area contributed by atoms with Crippen molar-refractivity contribution in [3.05, 3.63) is 30.1 Å². The largest absolute Gasteiger partial charge is 0.323 e. The van der Waals surface area contributed by atoms with Crippen molar-refractivity contribution in [1.29, 1.82) is 0 Å². The van der Waals surface area contributed by atoms with Gasteiger partial charge in [0.05, 0.1) is 5.69 Å². The zero-order chi connectivity index (χ0) is 9.52. The second-order valence-corrected chi connectivity index (χ2v) is 2.83. The highest BCUT2D eigenvalue weighted by molar-refractivity contribution is 5.08.